The molecule has 0 unspecified atom stereocenters. The molecule has 1 heterocycles. The third-order valence-corrected chi connectivity index (χ3v) is 3.81. The summed E-state index contributed by atoms with van der Waals surface area (Å²) in [5.41, 5.74) is 0.0718. The van der Waals surface area contributed by atoms with Crippen LogP contribution in [0, 0.1) is 0 Å². The first-order valence-corrected chi connectivity index (χ1v) is 6.35. The maximum atomic E-state index is 12.0. The molecule has 2 N–H and O–H groups in total. The second kappa shape index (κ2) is 3.88. The third-order valence-electron chi connectivity index (χ3n) is 3.81. The molecule has 4 heteroatoms. The molecule has 2 saturated carbocycles. The fraction of sp³-hybridized carbons (Fsp3) is 0.615. The number of nitrogens with zero attached hydrogens (tertiary/aromatic N) is 1. The van der Waals surface area contributed by atoms with Crippen LogP contribution in [-0.2, 0) is 0 Å². The van der Waals surface area contributed by atoms with Gasteiger partial charge >= 0.3 is 0 Å². The predicted molar refractivity (Wildman–Crippen MR) is 63.8 cm³/mol. The molecule has 1 amide bonds. The van der Waals surface area contributed by atoms with Crippen molar-refractivity contribution in [2.75, 3.05) is 6.54 Å². The van der Waals surface area contributed by atoms with E-state index in [1.807, 2.05) is 22.9 Å². The van der Waals surface area contributed by atoms with Gasteiger partial charge in [-0.15, -0.1) is 0 Å². The Hall–Kier alpha value is -1.29. The first kappa shape index (κ1) is 10.8. The SMILES string of the molecule is O=C(NCC1(O)CCC1)c1cccn1C1CC1. The largest absolute Gasteiger partial charge is 0.388 e. The number of rotatable bonds is 4. The summed E-state index contributed by atoms with van der Waals surface area (Å²) in [6.45, 7) is 0.377. The van der Waals surface area contributed by atoms with Crippen LogP contribution in [0.25, 0.3) is 0 Å². The van der Waals surface area contributed by atoms with Gasteiger partial charge in [0.1, 0.15) is 5.69 Å². The van der Waals surface area contributed by atoms with Crippen LogP contribution in [0.4, 0.5) is 0 Å². The van der Waals surface area contributed by atoms with Crippen LogP contribution in [0.1, 0.15) is 48.6 Å². The number of amides is 1. The third kappa shape index (κ3) is 2.09. The fourth-order valence-corrected chi connectivity index (χ4v) is 2.35. The second-order valence-corrected chi connectivity index (χ2v) is 5.29. The van der Waals surface area contributed by atoms with E-state index >= 15 is 0 Å². The van der Waals surface area contributed by atoms with E-state index in [1.54, 1.807) is 0 Å². The van der Waals surface area contributed by atoms with Crippen LogP contribution in [0.5, 0.6) is 0 Å². The Balaban J connectivity index is 1.63. The molecule has 1 aromatic heterocycles. The van der Waals surface area contributed by atoms with Crippen molar-refractivity contribution in [2.24, 2.45) is 0 Å². The van der Waals surface area contributed by atoms with Crippen LogP contribution in [0.15, 0.2) is 18.3 Å². The van der Waals surface area contributed by atoms with Crippen molar-refractivity contribution in [1.29, 1.82) is 0 Å². The molecule has 1 aromatic rings. The lowest BCUT2D eigenvalue weighted by Crippen LogP contribution is -2.48. The normalized spacial score (nSPS) is 21.9. The minimum atomic E-state index is -0.646. The Morgan fingerprint density at radius 2 is 2.29 bits per heavy atom. The molecule has 17 heavy (non-hydrogen) atoms. The molecule has 0 radical (unpaired) electrons. The quantitative estimate of drug-likeness (QED) is 0.829. The number of hydrogen-bond acceptors (Lipinski definition) is 2. The summed E-state index contributed by atoms with van der Waals surface area (Å²) in [7, 11) is 0. The smallest absolute Gasteiger partial charge is 0.268 e. The molecule has 0 aromatic carbocycles. The summed E-state index contributed by atoms with van der Waals surface area (Å²) in [5, 5.41) is 12.8. The average Bonchev–Trinajstić information content (AvgIpc) is 3.01. The number of aromatic nitrogens is 1. The number of nitrogens with one attached hydrogen (secondary N) is 1. The summed E-state index contributed by atoms with van der Waals surface area (Å²) in [6, 6.07) is 4.27. The van der Waals surface area contributed by atoms with Crippen molar-refractivity contribution in [3.63, 3.8) is 0 Å². The molecule has 2 aliphatic rings. The number of carbonyl (C=O) groups excluding carboxylic acids is 1. The molecular weight excluding hydrogens is 216 g/mol. The van der Waals surface area contributed by atoms with E-state index in [9.17, 15) is 9.90 Å². The molecule has 4 nitrogen and oxygen atoms in total. The summed E-state index contributed by atoms with van der Waals surface area (Å²) >= 11 is 0. The van der Waals surface area contributed by atoms with E-state index < -0.39 is 5.60 Å². The standard InChI is InChI=1S/C13H18N2O2/c16-12(14-9-13(17)6-2-7-13)11-3-1-8-15(11)10-4-5-10/h1,3,8,10,17H,2,4-7,9H2,(H,14,16). The lowest BCUT2D eigenvalue weighted by Gasteiger charge is -2.36. The van der Waals surface area contributed by atoms with Gasteiger partial charge in [0.05, 0.1) is 5.60 Å². The van der Waals surface area contributed by atoms with Crippen molar-refractivity contribution >= 4 is 5.91 Å². The molecular formula is C13H18N2O2. The predicted octanol–water partition coefficient (Wildman–Crippen LogP) is 1.47. The summed E-state index contributed by atoms with van der Waals surface area (Å²) in [4.78, 5) is 12.0. The van der Waals surface area contributed by atoms with Gasteiger partial charge in [0.25, 0.3) is 5.91 Å². The molecule has 0 bridgehead atoms. The molecule has 2 fully saturated rings. The van der Waals surface area contributed by atoms with Crippen molar-refractivity contribution in [1.82, 2.24) is 9.88 Å². The van der Waals surface area contributed by atoms with E-state index in [4.69, 9.17) is 0 Å². The molecule has 0 spiro atoms. The van der Waals surface area contributed by atoms with Gasteiger partial charge in [-0.1, -0.05) is 0 Å². The molecule has 0 saturated heterocycles. The zero-order chi connectivity index (χ0) is 11.9. The molecule has 92 valence electrons. The zero-order valence-electron chi connectivity index (χ0n) is 9.85. The van der Waals surface area contributed by atoms with Gasteiger partial charge in [-0.2, -0.15) is 0 Å². The topological polar surface area (TPSA) is 54.3 Å². The van der Waals surface area contributed by atoms with E-state index in [2.05, 4.69) is 5.32 Å². The second-order valence-electron chi connectivity index (χ2n) is 5.29. The van der Waals surface area contributed by atoms with Crippen LogP contribution in [0.2, 0.25) is 0 Å². The minimum Gasteiger partial charge on any atom is -0.388 e. The molecule has 3 rings (SSSR count). The average molecular weight is 234 g/mol. The van der Waals surface area contributed by atoms with Gasteiger partial charge in [-0.25, -0.2) is 0 Å². The minimum absolute atomic E-state index is 0.0674. The lowest BCUT2D eigenvalue weighted by molar-refractivity contribution is -0.0301. The van der Waals surface area contributed by atoms with Crippen molar-refractivity contribution in [3.8, 4) is 0 Å². The molecule has 0 atom stereocenters. The highest BCUT2D eigenvalue weighted by molar-refractivity contribution is 5.92. The summed E-state index contributed by atoms with van der Waals surface area (Å²) in [6.07, 6.45) is 6.96. The van der Waals surface area contributed by atoms with Crippen LogP contribution >= 0.6 is 0 Å². The van der Waals surface area contributed by atoms with E-state index in [1.165, 1.54) is 12.8 Å². The Bertz CT molecular complexity index is 430. The van der Waals surface area contributed by atoms with Gasteiger partial charge < -0.3 is 15.0 Å². The van der Waals surface area contributed by atoms with Crippen molar-refractivity contribution in [2.45, 2.75) is 43.7 Å². The highest BCUT2D eigenvalue weighted by Crippen LogP contribution is 2.36. The van der Waals surface area contributed by atoms with E-state index in [-0.39, 0.29) is 5.91 Å². The van der Waals surface area contributed by atoms with Gasteiger partial charge in [0.2, 0.25) is 0 Å². The van der Waals surface area contributed by atoms with Gasteiger partial charge in [0.15, 0.2) is 0 Å². The Morgan fingerprint density at radius 3 is 2.88 bits per heavy atom. The van der Waals surface area contributed by atoms with Crippen molar-refractivity contribution in [3.05, 3.63) is 24.0 Å². The Kier molecular flexibility index (Phi) is 2.47. The number of hydrogen-bond donors (Lipinski definition) is 2. The lowest BCUT2D eigenvalue weighted by atomic mass is 9.80. The van der Waals surface area contributed by atoms with Gasteiger partial charge in [-0.3, -0.25) is 4.79 Å². The van der Waals surface area contributed by atoms with Crippen LogP contribution in [0.3, 0.4) is 0 Å². The Morgan fingerprint density at radius 1 is 1.53 bits per heavy atom. The van der Waals surface area contributed by atoms with Crippen LogP contribution < -0.4 is 5.32 Å². The molecule has 0 aliphatic heterocycles. The van der Waals surface area contributed by atoms with Gasteiger partial charge in [0, 0.05) is 18.8 Å². The first-order chi connectivity index (χ1) is 8.18. The summed E-state index contributed by atoms with van der Waals surface area (Å²) < 4.78 is 2.04. The number of carbonyl (C=O) groups is 1. The Labute approximate surface area is 101 Å². The molecule has 2 aliphatic carbocycles. The highest BCUT2D eigenvalue weighted by Gasteiger charge is 2.35. The highest BCUT2D eigenvalue weighted by atomic mass is 16.3. The van der Waals surface area contributed by atoms with Crippen LogP contribution in [-0.4, -0.2) is 27.7 Å². The van der Waals surface area contributed by atoms with Gasteiger partial charge in [-0.05, 0) is 44.2 Å². The van der Waals surface area contributed by atoms with E-state index in [0.717, 1.165) is 25.0 Å². The zero-order valence-corrected chi connectivity index (χ0v) is 9.85. The fourth-order valence-electron chi connectivity index (χ4n) is 2.35. The maximum absolute atomic E-state index is 12.0. The monoisotopic (exact) mass is 234 g/mol. The van der Waals surface area contributed by atoms with Crippen molar-refractivity contribution < 1.29 is 9.90 Å². The van der Waals surface area contributed by atoms with E-state index in [0.29, 0.717) is 12.6 Å². The first-order valence-electron chi connectivity index (χ1n) is 6.35. The summed E-state index contributed by atoms with van der Waals surface area (Å²) in [5.74, 6) is -0.0674. The maximum Gasteiger partial charge on any atom is 0.268 e. The number of aliphatic hydroxyl groups is 1.